The number of amides is 1. The van der Waals surface area contributed by atoms with Gasteiger partial charge in [-0.15, -0.1) is 0 Å². The summed E-state index contributed by atoms with van der Waals surface area (Å²) in [4.78, 5) is 26.9. The van der Waals surface area contributed by atoms with Gasteiger partial charge in [-0.1, -0.05) is 67.8 Å². The second-order valence-electron chi connectivity index (χ2n) is 10.1. The van der Waals surface area contributed by atoms with Gasteiger partial charge in [-0.05, 0) is 54.2 Å². The Morgan fingerprint density at radius 2 is 1.53 bits per heavy atom. The molecule has 0 spiro atoms. The number of hydrogen-bond donors (Lipinski definition) is 1. The molecule has 8 heteroatoms. The van der Waals surface area contributed by atoms with E-state index in [0.29, 0.717) is 42.4 Å². The van der Waals surface area contributed by atoms with Crippen LogP contribution in [0.15, 0.2) is 78.9 Å². The highest BCUT2D eigenvalue weighted by atomic mass is 19.4. The molecule has 1 amide bonds. The lowest BCUT2D eigenvalue weighted by Gasteiger charge is -2.44. The maximum atomic E-state index is 14.9. The number of cyclic esters (lactones) is 1. The van der Waals surface area contributed by atoms with Crippen LogP contribution in [-0.4, -0.2) is 28.8 Å². The number of hydrogen-bond acceptors (Lipinski definition) is 4. The number of fused-ring (bicyclic) bond motifs is 1. The molecule has 1 heterocycles. The van der Waals surface area contributed by atoms with E-state index in [1.54, 1.807) is 48.5 Å². The molecule has 0 saturated heterocycles. The first-order valence-corrected chi connectivity index (χ1v) is 12.7. The first-order valence-electron chi connectivity index (χ1n) is 12.7. The monoisotopic (exact) mass is 523 g/mol. The summed E-state index contributed by atoms with van der Waals surface area (Å²) in [7, 11) is 0. The van der Waals surface area contributed by atoms with Crippen molar-refractivity contribution in [3.8, 4) is 0 Å². The van der Waals surface area contributed by atoms with Crippen molar-refractivity contribution in [3.05, 3.63) is 95.6 Å². The highest BCUT2D eigenvalue weighted by molar-refractivity contribution is 6.06. The van der Waals surface area contributed by atoms with Crippen LogP contribution in [-0.2, 0) is 21.6 Å². The van der Waals surface area contributed by atoms with Gasteiger partial charge in [0.2, 0.25) is 5.60 Å². The van der Waals surface area contributed by atoms with Gasteiger partial charge in [0.05, 0.1) is 5.56 Å². The van der Waals surface area contributed by atoms with Crippen molar-refractivity contribution in [3.63, 3.8) is 0 Å². The van der Waals surface area contributed by atoms with E-state index in [2.05, 4.69) is 0 Å². The van der Waals surface area contributed by atoms with Crippen molar-refractivity contribution in [2.45, 2.75) is 62.3 Å². The Morgan fingerprint density at radius 3 is 2.16 bits per heavy atom. The first-order chi connectivity index (χ1) is 18.1. The minimum absolute atomic E-state index is 0.0422. The fourth-order valence-electron chi connectivity index (χ4n) is 5.78. The van der Waals surface area contributed by atoms with Crippen molar-refractivity contribution < 1.29 is 32.6 Å². The maximum Gasteiger partial charge on any atom is 0.426 e. The van der Waals surface area contributed by atoms with E-state index in [9.17, 15) is 27.9 Å². The third-order valence-electron chi connectivity index (χ3n) is 7.76. The van der Waals surface area contributed by atoms with Gasteiger partial charge < -0.3 is 9.84 Å². The normalized spacial score (nSPS) is 18.3. The SMILES string of the molecule is O=C1OCc2cc(N(C(=O)C(O)(CC3(c4ccccc4)CCCCC3)C(F)(F)F)c3ccccc3)ccc21. The van der Waals surface area contributed by atoms with E-state index >= 15 is 0 Å². The minimum Gasteiger partial charge on any atom is -0.457 e. The number of benzene rings is 3. The first kappa shape index (κ1) is 26.0. The van der Waals surface area contributed by atoms with E-state index in [1.807, 2.05) is 0 Å². The van der Waals surface area contributed by atoms with Crippen molar-refractivity contribution >= 4 is 23.3 Å². The number of halogens is 3. The molecular weight excluding hydrogens is 495 g/mol. The molecule has 5 rings (SSSR count). The molecule has 0 aromatic heterocycles. The topological polar surface area (TPSA) is 66.8 Å². The summed E-state index contributed by atoms with van der Waals surface area (Å²) >= 11 is 0. The van der Waals surface area contributed by atoms with E-state index in [1.165, 1.54) is 30.3 Å². The van der Waals surface area contributed by atoms with Crippen LogP contribution in [0.4, 0.5) is 24.5 Å². The Bertz CT molecular complexity index is 1320. The molecule has 198 valence electrons. The van der Waals surface area contributed by atoms with Gasteiger partial charge in [-0.3, -0.25) is 9.69 Å². The number of para-hydroxylation sites is 1. The number of anilines is 2. The van der Waals surface area contributed by atoms with Gasteiger partial charge in [-0.2, -0.15) is 13.2 Å². The number of aliphatic hydroxyl groups is 1. The van der Waals surface area contributed by atoms with Crippen LogP contribution >= 0.6 is 0 Å². The quantitative estimate of drug-likeness (QED) is 0.370. The molecule has 1 atom stereocenters. The number of alkyl halides is 3. The Labute approximate surface area is 218 Å². The van der Waals surface area contributed by atoms with Gasteiger partial charge in [0.25, 0.3) is 5.91 Å². The van der Waals surface area contributed by atoms with E-state index in [4.69, 9.17) is 4.74 Å². The van der Waals surface area contributed by atoms with E-state index in [0.717, 1.165) is 11.3 Å². The molecule has 3 aromatic carbocycles. The zero-order chi connectivity index (χ0) is 27.0. The van der Waals surface area contributed by atoms with Crippen LogP contribution in [0.3, 0.4) is 0 Å². The summed E-state index contributed by atoms with van der Waals surface area (Å²) in [5.74, 6) is -2.01. The Morgan fingerprint density at radius 1 is 0.895 bits per heavy atom. The lowest BCUT2D eigenvalue weighted by Crippen LogP contribution is -2.60. The van der Waals surface area contributed by atoms with Crippen molar-refractivity contribution in [2.75, 3.05) is 4.90 Å². The van der Waals surface area contributed by atoms with Gasteiger partial charge in [0.15, 0.2) is 0 Å². The standard InChI is InChI=1S/C30H28F3NO4/c31-30(32,33)29(37,20-28(16-8-3-9-17-28)22-10-4-1-5-11-22)27(36)34(23-12-6-2-7-13-23)24-14-15-25-21(18-24)19-38-26(25)35/h1-2,4-7,10-15,18,37H,3,8-9,16-17,19-20H2. The van der Waals surface area contributed by atoms with Crippen LogP contribution in [0.2, 0.25) is 0 Å². The molecule has 1 saturated carbocycles. The summed E-state index contributed by atoms with van der Waals surface area (Å²) < 4.78 is 49.7. The average Bonchev–Trinajstić information content (AvgIpc) is 3.29. The molecule has 1 fully saturated rings. The maximum absolute atomic E-state index is 14.9. The molecule has 3 aromatic rings. The number of carbonyl (C=O) groups excluding carboxylic acids is 2. The molecule has 1 N–H and O–H groups in total. The van der Waals surface area contributed by atoms with Crippen LogP contribution < -0.4 is 4.90 Å². The molecule has 0 radical (unpaired) electrons. The molecule has 38 heavy (non-hydrogen) atoms. The molecule has 1 aliphatic heterocycles. The summed E-state index contributed by atoms with van der Waals surface area (Å²) in [5.41, 5.74) is -2.95. The zero-order valence-corrected chi connectivity index (χ0v) is 20.7. The summed E-state index contributed by atoms with van der Waals surface area (Å²) in [6, 6.07) is 21.1. The van der Waals surface area contributed by atoms with Gasteiger partial charge >= 0.3 is 12.1 Å². The van der Waals surface area contributed by atoms with E-state index in [-0.39, 0.29) is 18.0 Å². The highest BCUT2D eigenvalue weighted by Crippen LogP contribution is 2.50. The van der Waals surface area contributed by atoms with Crippen LogP contribution in [0.1, 0.15) is 60.0 Å². The minimum atomic E-state index is -5.24. The predicted molar refractivity (Wildman–Crippen MR) is 136 cm³/mol. The van der Waals surface area contributed by atoms with Crippen LogP contribution in [0.25, 0.3) is 0 Å². The highest BCUT2D eigenvalue weighted by Gasteiger charge is 2.64. The molecule has 1 unspecified atom stereocenters. The number of rotatable bonds is 6. The molecule has 2 aliphatic rings. The molecular formula is C30H28F3NO4. The van der Waals surface area contributed by atoms with Crippen LogP contribution in [0.5, 0.6) is 0 Å². The largest absolute Gasteiger partial charge is 0.457 e. The summed E-state index contributed by atoms with van der Waals surface area (Å²) in [5, 5.41) is 11.5. The zero-order valence-electron chi connectivity index (χ0n) is 20.7. The molecule has 5 nitrogen and oxygen atoms in total. The second-order valence-corrected chi connectivity index (χ2v) is 10.1. The van der Waals surface area contributed by atoms with Crippen molar-refractivity contribution in [1.82, 2.24) is 0 Å². The van der Waals surface area contributed by atoms with E-state index < -0.39 is 35.5 Å². The fraction of sp³-hybridized carbons (Fsp3) is 0.333. The third kappa shape index (κ3) is 4.58. The third-order valence-corrected chi connectivity index (χ3v) is 7.76. The predicted octanol–water partition coefficient (Wildman–Crippen LogP) is 6.61. The average molecular weight is 524 g/mol. The second kappa shape index (κ2) is 9.91. The number of esters is 1. The number of ether oxygens (including phenoxy) is 1. The Balaban J connectivity index is 1.63. The lowest BCUT2D eigenvalue weighted by molar-refractivity contribution is -0.257. The number of carbonyl (C=O) groups is 2. The fourth-order valence-corrected chi connectivity index (χ4v) is 5.78. The lowest BCUT2D eigenvalue weighted by atomic mass is 9.63. The Kier molecular flexibility index (Phi) is 6.77. The van der Waals surface area contributed by atoms with Crippen molar-refractivity contribution in [1.29, 1.82) is 0 Å². The van der Waals surface area contributed by atoms with Gasteiger partial charge in [-0.25, -0.2) is 4.79 Å². The molecule has 1 aliphatic carbocycles. The van der Waals surface area contributed by atoms with Crippen molar-refractivity contribution in [2.24, 2.45) is 0 Å². The smallest absolute Gasteiger partial charge is 0.426 e. The summed E-state index contributed by atoms with van der Waals surface area (Å²) in [6.45, 7) is -0.0422. The number of nitrogens with zero attached hydrogens (tertiary/aromatic N) is 1. The Hall–Kier alpha value is -3.65. The van der Waals surface area contributed by atoms with Crippen LogP contribution in [0, 0.1) is 0 Å². The van der Waals surface area contributed by atoms with Gasteiger partial charge in [0, 0.05) is 23.4 Å². The molecule has 0 bridgehead atoms. The summed E-state index contributed by atoms with van der Waals surface area (Å²) in [6.07, 6.45) is -2.86. The van der Waals surface area contributed by atoms with Gasteiger partial charge in [0.1, 0.15) is 6.61 Å².